The van der Waals surface area contributed by atoms with Crippen molar-refractivity contribution in [2.75, 3.05) is 0 Å². The lowest BCUT2D eigenvalue weighted by Crippen LogP contribution is -2.31. The van der Waals surface area contributed by atoms with Crippen LogP contribution >= 0.6 is 0 Å². The molecule has 2 nitrogen and oxygen atoms in total. The Bertz CT molecular complexity index is 280. The third-order valence-electron chi connectivity index (χ3n) is 2.45. The molecule has 1 aromatic carbocycles. The highest BCUT2D eigenvalue weighted by Gasteiger charge is 2.06. The van der Waals surface area contributed by atoms with Gasteiger partial charge in [-0.1, -0.05) is 37.3 Å². The van der Waals surface area contributed by atoms with Crippen molar-refractivity contribution in [3.8, 4) is 0 Å². The Morgan fingerprint density at radius 2 is 2.00 bits per heavy atom. The Kier molecular flexibility index (Phi) is 4.17. The molecule has 0 bridgehead atoms. The third-order valence-corrected chi connectivity index (χ3v) is 2.45. The first-order valence-electron chi connectivity index (χ1n) is 4.98. The summed E-state index contributed by atoms with van der Waals surface area (Å²) in [6.07, 6.45) is 2.13. The topological polar surface area (TPSA) is 40.1 Å². The monoisotopic (exact) mass is 191 g/mol. The van der Waals surface area contributed by atoms with Crippen molar-refractivity contribution in [2.24, 2.45) is 5.92 Å². The molecule has 0 radical (unpaired) electrons. The van der Waals surface area contributed by atoms with E-state index in [2.05, 4.69) is 0 Å². The Balaban J connectivity index is 2.44. The number of hydrogen-bond donors (Lipinski definition) is 0. The summed E-state index contributed by atoms with van der Waals surface area (Å²) >= 11 is 0. The van der Waals surface area contributed by atoms with Gasteiger partial charge in [0.05, 0.1) is 0 Å². The third kappa shape index (κ3) is 3.21. The molecule has 76 valence electrons. The van der Waals surface area contributed by atoms with Crippen LogP contribution in [0.15, 0.2) is 30.3 Å². The van der Waals surface area contributed by atoms with E-state index in [4.69, 9.17) is 0 Å². The second-order valence-corrected chi connectivity index (χ2v) is 3.45. The molecule has 0 saturated heterocycles. The van der Waals surface area contributed by atoms with E-state index >= 15 is 0 Å². The van der Waals surface area contributed by atoms with E-state index in [1.165, 1.54) is 5.56 Å². The number of carbonyl (C=O) groups is 1. The largest absolute Gasteiger partial charge is 0.550 e. The lowest BCUT2D eigenvalue weighted by Gasteiger charge is -2.15. The van der Waals surface area contributed by atoms with Crippen molar-refractivity contribution in [1.82, 2.24) is 0 Å². The Hall–Kier alpha value is -1.31. The summed E-state index contributed by atoms with van der Waals surface area (Å²) in [6, 6.07) is 9.92. The molecule has 0 saturated carbocycles. The minimum Gasteiger partial charge on any atom is -0.550 e. The number of carboxylic acids is 1. The number of benzene rings is 1. The summed E-state index contributed by atoms with van der Waals surface area (Å²) in [5.74, 6) is -1.24. The average molecular weight is 191 g/mol. The van der Waals surface area contributed by atoms with E-state index < -0.39 is 5.97 Å². The molecule has 0 aliphatic heterocycles. The van der Waals surface area contributed by atoms with E-state index in [-0.39, 0.29) is 5.92 Å². The Labute approximate surface area is 84.6 Å². The lowest BCUT2D eigenvalue weighted by atomic mass is 9.97. The molecular weight excluding hydrogens is 176 g/mol. The molecule has 0 fully saturated rings. The summed E-state index contributed by atoms with van der Waals surface area (Å²) in [7, 11) is 0. The standard InChI is InChI=1S/C12H16O2/c1-2-11(12(13)14)9-8-10-6-4-3-5-7-10/h3-7,11H,2,8-9H2,1H3,(H,13,14)/p-1. The van der Waals surface area contributed by atoms with E-state index in [0.29, 0.717) is 12.8 Å². The van der Waals surface area contributed by atoms with Gasteiger partial charge in [0.1, 0.15) is 0 Å². The van der Waals surface area contributed by atoms with E-state index in [0.717, 1.165) is 6.42 Å². The molecule has 0 heterocycles. The second kappa shape index (κ2) is 5.43. The van der Waals surface area contributed by atoms with Crippen LogP contribution in [0.2, 0.25) is 0 Å². The molecule has 1 rings (SSSR count). The quantitative estimate of drug-likeness (QED) is 0.705. The Morgan fingerprint density at radius 1 is 1.36 bits per heavy atom. The van der Waals surface area contributed by atoms with Crippen molar-refractivity contribution < 1.29 is 9.90 Å². The molecule has 14 heavy (non-hydrogen) atoms. The van der Waals surface area contributed by atoms with Gasteiger partial charge in [0.25, 0.3) is 0 Å². The lowest BCUT2D eigenvalue weighted by molar-refractivity contribution is -0.311. The van der Waals surface area contributed by atoms with E-state index in [1.807, 2.05) is 37.3 Å². The van der Waals surface area contributed by atoms with Crippen molar-refractivity contribution in [3.63, 3.8) is 0 Å². The zero-order chi connectivity index (χ0) is 10.4. The van der Waals surface area contributed by atoms with Crippen molar-refractivity contribution in [3.05, 3.63) is 35.9 Å². The van der Waals surface area contributed by atoms with Gasteiger partial charge in [-0.15, -0.1) is 0 Å². The molecule has 0 aliphatic carbocycles. The van der Waals surface area contributed by atoms with Crippen LogP contribution < -0.4 is 5.11 Å². The predicted molar refractivity (Wildman–Crippen MR) is 53.6 cm³/mol. The van der Waals surface area contributed by atoms with Gasteiger partial charge in [0.15, 0.2) is 0 Å². The maximum atomic E-state index is 10.6. The average Bonchev–Trinajstić information content (AvgIpc) is 2.20. The summed E-state index contributed by atoms with van der Waals surface area (Å²) in [5.41, 5.74) is 1.19. The summed E-state index contributed by atoms with van der Waals surface area (Å²) in [5, 5.41) is 10.6. The number of hydrogen-bond acceptors (Lipinski definition) is 2. The number of carboxylic acid groups (broad SMARTS) is 1. The maximum Gasteiger partial charge on any atom is 0.0445 e. The number of aryl methyl sites for hydroxylation is 1. The van der Waals surface area contributed by atoms with Crippen LogP contribution in [0.5, 0.6) is 0 Å². The predicted octanol–water partition coefficient (Wildman–Crippen LogP) is 1.40. The highest BCUT2D eigenvalue weighted by atomic mass is 16.4. The molecule has 0 N–H and O–H groups in total. The minimum atomic E-state index is -0.927. The first-order chi connectivity index (χ1) is 6.74. The SMILES string of the molecule is CCC(CCc1ccccc1)C(=O)[O-]. The molecule has 1 aromatic rings. The molecule has 2 heteroatoms. The van der Waals surface area contributed by atoms with Crippen LogP contribution in [-0.2, 0) is 11.2 Å². The van der Waals surface area contributed by atoms with Crippen molar-refractivity contribution in [1.29, 1.82) is 0 Å². The second-order valence-electron chi connectivity index (χ2n) is 3.45. The van der Waals surface area contributed by atoms with Crippen LogP contribution in [-0.4, -0.2) is 5.97 Å². The molecule has 1 atom stereocenters. The zero-order valence-corrected chi connectivity index (χ0v) is 8.40. The Morgan fingerprint density at radius 3 is 2.50 bits per heavy atom. The van der Waals surface area contributed by atoms with Gasteiger partial charge < -0.3 is 9.90 Å². The van der Waals surface area contributed by atoms with Gasteiger partial charge in [0.2, 0.25) is 0 Å². The molecular formula is C12H15O2-. The van der Waals surface area contributed by atoms with Crippen LogP contribution in [0.4, 0.5) is 0 Å². The molecule has 0 amide bonds. The first-order valence-corrected chi connectivity index (χ1v) is 4.98. The van der Waals surface area contributed by atoms with Crippen molar-refractivity contribution in [2.45, 2.75) is 26.2 Å². The fourth-order valence-electron chi connectivity index (χ4n) is 1.47. The fraction of sp³-hybridized carbons (Fsp3) is 0.417. The summed E-state index contributed by atoms with van der Waals surface area (Å²) in [4.78, 5) is 10.6. The van der Waals surface area contributed by atoms with Crippen LogP contribution in [0.3, 0.4) is 0 Å². The van der Waals surface area contributed by atoms with E-state index in [9.17, 15) is 9.90 Å². The smallest absolute Gasteiger partial charge is 0.0445 e. The van der Waals surface area contributed by atoms with Gasteiger partial charge in [0, 0.05) is 5.97 Å². The fourth-order valence-corrected chi connectivity index (χ4v) is 1.47. The highest BCUT2D eigenvalue weighted by Crippen LogP contribution is 2.12. The molecule has 0 spiro atoms. The van der Waals surface area contributed by atoms with Crippen LogP contribution in [0.1, 0.15) is 25.3 Å². The maximum absolute atomic E-state index is 10.6. The van der Waals surface area contributed by atoms with Crippen LogP contribution in [0, 0.1) is 5.92 Å². The molecule has 0 aromatic heterocycles. The van der Waals surface area contributed by atoms with Gasteiger partial charge in [-0.05, 0) is 30.7 Å². The van der Waals surface area contributed by atoms with Crippen LogP contribution in [0.25, 0.3) is 0 Å². The van der Waals surface area contributed by atoms with Crippen molar-refractivity contribution >= 4 is 5.97 Å². The molecule has 0 aliphatic rings. The summed E-state index contributed by atoms with van der Waals surface area (Å²) in [6.45, 7) is 1.88. The number of carbonyl (C=O) groups excluding carboxylic acids is 1. The normalized spacial score (nSPS) is 12.4. The van der Waals surface area contributed by atoms with Gasteiger partial charge in [-0.3, -0.25) is 0 Å². The highest BCUT2D eigenvalue weighted by molar-refractivity contribution is 5.67. The minimum absolute atomic E-state index is 0.310. The number of aliphatic carboxylic acids is 1. The van der Waals surface area contributed by atoms with Gasteiger partial charge in [-0.25, -0.2) is 0 Å². The molecule has 1 unspecified atom stereocenters. The summed E-state index contributed by atoms with van der Waals surface area (Å²) < 4.78 is 0. The van der Waals surface area contributed by atoms with Gasteiger partial charge in [-0.2, -0.15) is 0 Å². The van der Waals surface area contributed by atoms with Gasteiger partial charge >= 0.3 is 0 Å². The number of rotatable bonds is 5. The van der Waals surface area contributed by atoms with E-state index in [1.54, 1.807) is 0 Å². The first kappa shape index (κ1) is 10.8. The zero-order valence-electron chi connectivity index (χ0n) is 8.40.